The van der Waals surface area contributed by atoms with E-state index in [1.54, 1.807) is 37.3 Å². The van der Waals surface area contributed by atoms with Crippen molar-refractivity contribution in [1.29, 1.82) is 0 Å². The van der Waals surface area contributed by atoms with Gasteiger partial charge in [-0.2, -0.15) is 0 Å². The zero-order chi connectivity index (χ0) is 19.7. The normalized spacial score (nSPS) is 18.9. The van der Waals surface area contributed by atoms with Crippen LogP contribution in [0.1, 0.15) is 48.4 Å². The van der Waals surface area contributed by atoms with Gasteiger partial charge in [-0.1, -0.05) is 11.2 Å². The summed E-state index contributed by atoms with van der Waals surface area (Å²) in [6.45, 7) is 2.10. The fourth-order valence-corrected chi connectivity index (χ4v) is 3.85. The number of pyridine rings is 1. The summed E-state index contributed by atoms with van der Waals surface area (Å²) >= 11 is 0. The van der Waals surface area contributed by atoms with Crippen LogP contribution in [0.25, 0.3) is 0 Å². The molecule has 2 aromatic rings. The lowest BCUT2D eigenvalue weighted by Crippen LogP contribution is -2.47. The lowest BCUT2D eigenvalue weighted by atomic mass is 9.95. The van der Waals surface area contributed by atoms with Crippen LogP contribution in [0.5, 0.6) is 0 Å². The van der Waals surface area contributed by atoms with Gasteiger partial charge in [0.15, 0.2) is 0 Å². The number of fused-ring (bicyclic) bond motifs is 1. The maximum atomic E-state index is 13.3. The van der Waals surface area contributed by atoms with Crippen LogP contribution in [0.15, 0.2) is 40.3 Å². The van der Waals surface area contributed by atoms with Gasteiger partial charge in [0, 0.05) is 37.1 Å². The molecule has 8 nitrogen and oxygen atoms in total. The Balaban J connectivity index is 1.60. The Kier molecular flexibility index (Phi) is 4.85. The van der Waals surface area contributed by atoms with Gasteiger partial charge in [0.25, 0.3) is 5.91 Å². The van der Waals surface area contributed by atoms with E-state index in [0.717, 1.165) is 48.3 Å². The fraction of sp³-hybridized carbons (Fsp3) is 0.400. The number of allylic oxidation sites excluding steroid dienone is 1. The summed E-state index contributed by atoms with van der Waals surface area (Å²) in [7, 11) is 1.74. The molecule has 0 saturated heterocycles. The van der Waals surface area contributed by atoms with Crippen molar-refractivity contribution in [2.45, 2.75) is 45.2 Å². The number of nitrogens with one attached hydrogen (secondary N) is 2. The average molecular weight is 381 g/mol. The van der Waals surface area contributed by atoms with Crippen LogP contribution in [0, 0.1) is 0 Å². The van der Waals surface area contributed by atoms with Crippen molar-refractivity contribution in [1.82, 2.24) is 25.7 Å². The molecule has 1 aliphatic carbocycles. The van der Waals surface area contributed by atoms with Crippen molar-refractivity contribution in [2.24, 2.45) is 0 Å². The highest BCUT2D eigenvalue weighted by atomic mass is 16.5. The minimum atomic E-state index is -0.552. The van der Waals surface area contributed by atoms with E-state index in [1.807, 2.05) is 6.07 Å². The Morgan fingerprint density at radius 3 is 2.96 bits per heavy atom. The second-order valence-electron chi connectivity index (χ2n) is 7.26. The van der Waals surface area contributed by atoms with Gasteiger partial charge in [0.1, 0.15) is 11.5 Å². The number of amides is 3. The lowest BCUT2D eigenvalue weighted by Gasteiger charge is -2.30. The van der Waals surface area contributed by atoms with Crippen molar-refractivity contribution in [3.8, 4) is 0 Å². The van der Waals surface area contributed by atoms with Crippen LogP contribution in [-0.4, -0.2) is 34.0 Å². The molecule has 0 radical (unpaired) electrons. The number of hydrogen-bond acceptors (Lipinski definition) is 5. The van der Waals surface area contributed by atoms with Gasteiger partial charge < -0.3 is 20.1 Å². The van der Waals surface area contributed by atoms with Gasteiger partial charge in [0.2, 0.25) is 0 Å². The molecule has 0 aromatic carbocycles. The molecule has 0 bridgehead atoms. The summed E-state index contributed by atoms with van der Waals surface area (Å²) in [5.41, 5.74) is 3.74. The number of hydrogen-bond donors (Lipinski definition) is 2. The Hall–Kier alpha value is -3.16. The van der Waals surface area contributed by atoms with Gasteiger partial charge in [0.05, 0.1) is 18.2 Å². The van der Waals surface area contributed by atoms with Gasteiger partial charge in [-0.25, -0.2) is 4.79 Å². The summed E-state index contributed by atoms with van der Waals surface area (Å²) in [5.74, 6) is 0.767. The van der Waals surface area contributed by atoms with E-state index in [4.69, 9.17) is 4.52 Å². The molecule has 2 aromatic heterocycles. The number of aromatic nitrogens is 2. The predicted molar refractivity (Wildman–Crippen MR) is 101 cm³/mol. The largest absolute Gasteiger partial charge is 0.361 e. The maximum Gasteiger partial charge on any atom is 0.319 e. The molecule has 3 heterocycles. The first kappa shape index (κ1) is 18.2. The van der Waals surface area contributed by atoms with Crippen LogP contribution in [0.3, 0.4) is 0 Å². The Labute approximate surface area is 163 Å². The highest BCUT2D eigenvalue weighted by molar-refractivity contribution is 5.98. The highest BCUT2D eigenvalue weighted by Crippen LogP contribution is 2.29. The standard InChI is InChI=1S/C20H23N5O3/c1-12-17(18(23-20(27)22-12)13-6-5-9-21-10-13)19(26)25(2)11-15-14-7-3-4-8-16(14)28-24-15/h5-6,9-10,18H,3-4,7-8,11H2,1-2H3,(H2,22,23,27)/t18-/m0/s1. The van der Waals surface area contributed by atoms with Crippen LogP contribution >= 0.6 is 0 Å². The number of nitrogens with zero attached hydrogens (tertiary/aromatic N) is 3. The number of likely N-dealkylation sites (N-methyl/N-ethyl adjacent to an activating group) is 1. The van der Waals surface area contributed by atoms with Crippen LogP contribution < -0.4 is 10.6 Å². The number of urea groups is 1. The summed E-state index contributed by atoms with van der Waals surface area (Å²) in [4.78, 5) is 31.0. The summed E-state index contributed by atoms with van der Waals surface area (Å²) in [6.07, 6.45) is 7.38. The molecule has 2 N–H and O–H groups in total. The number of carbonyl (C=O) groups is 2. The van der Waals surface area contributed by atoms with E-state index >= 15 is 0 Å². The first-order chi connectivity index (χ1) is 13.5. The third kappa shape index (κ3) is 3.37. The molecular weight excluding hydrogens is 358 g/mol. The van der Waals surface area contributed by atoms with Crippen molar-refractivity contribution in [3.63, 3.8) is 0 Å². The smallest absolute Gasteiger partial charge is 0.319 e. The summed E-state index contributed by atoms with van der Waals surface area (Å²) in [6, 6.07) is 2.74. The molecule has 0 unspecified atom stereocenters. The number of carbonyl (C=O) groups excluding carboxylic acids is 2. The highest BCUT2D eigenvalue weighted by Gasteiger charge is 2.33. The molecular formula is C20H23N5O3. The average Bonchev–Trinajstić information content (AvgIpc) is 3.10. The topological polar surface area (TPSA) is 100 Å². The third-order valence-corrected chi connectivity index (χ3v) is 5.28. The molecule has 28 heavy (non-hydrogen) atoms. The molecule has 0 spiro atoms. The first-order valence-corrected chi connectivity index (χ1v) is 9.44. The molecule has 4 rings (SSSR count). The quantitative estimate of drug-likeness (QED) is 0.846. The van der Waals surface area contributed by atoms with Crippen molar-refractivity contribution in [3.05, 3.63) is 58.4 Å². The Morgan fingerprint density at radius 2 is 2.18 bits per heavy atom. The van der Waals surface area contributed by atoms with Gasteiger partial charge >= 0.3 is 6.03 Å². The van der Waals surface area contributed by atoms with Crippen molar-refractivity contribution in [2.75, 3.05) is 7.05 Å². The van der Waals surface area contributed by atoms with Gasteiger partial charge in [-0.15, -0.1) is 0 Å². The maximum absolute atomic E-state index is 13.3. The van der Waals surface area contributed by atoms with Crippen LogP contribution in [-0.2, 0) is 24.2 Å². The SMILES string of the molecule is CC1=C(C(=O)N(C)Cc2noc3c2CCCC3)[C@H](c2cccnc2)NC(=O)N1. The number of rotatable bonds is 4. The second-order valence-corrected chi connectivity index (χ2v) is 7.26. The minimum Gasteiger partial charge on any atom is -0.361 e. The molecule has 2 aliphatic rings. The first-order valence-electron chi connectivity index (χ1n) is 9.44. The Morgan fingerprint density at radius 1 is 1.36 bits per heavy atom. The van der Waals surface area contributed by atoms with E-state index in [2.05, 4.69) is 20.8 Å². The third-order valence-electron chi connectivity index (χ3n) is 5.28. The van der Waals surface area contributed by atoms with Crippen LogP contribution in [0.2, 0.25) is 0 Å². The zero-order valence-electron chi connectivity index (χ0n) is 16.0. The predicted octanol–water partition coefficient (Wildman–Crippen LogP) is 2.23. The van der Waals surface area contributed by atoms with E-state index in [9.17, 15) is 9.59 Å². The molecule has 0 fully saturated rings. The summed E-state index contributed by atoms with van der Waals surface area (Å²) < 4.78 is 5.46. The lowest BCUT2D eigenvalue weighted by molar-refractivity contribution is -0.127. The van der Waals surface area contributed by atoms with E-state index < -0.39 is 6.04 Å². The second kappa shape index (κ2) is 7.46. The molecule has 0 saturated carbocycles. The molecule has 8 heteroatoms. The molecule has 1 aliphatic heterocycles. The monoisotopic (exact) mass is 381 g/mol. The fourth-order valence-electron chi connectivity index (χ4n) is 3.85. The van der Waals surface area contributed by atoms with E-state index in [1.165, 1.54) is 0 Å². The van der Waals surface area contributed by atoms with E-state index in [0.29, 0.717) is 17.8 Å². The molecule has 3 amide bonds. The summed E-state index contributed by atoms with van der Waals surface area (Å²) in [5, 5.41) is 9.72. The molecule has 1 atom stereocenters. The Bertz CT molecular complexity index is 935. The van der Waals surface area contributed by atoms with Crippen molar-refractivity contribution < 1.29 is 14.1 Å². The van der Waals surface area contributed by atoms with Gasteiger partial charge in [-0.3, -0.25) is 9.78 Å². The zero-order valence-corrected chi connectivity index (χ0v) is 16.0. The minimum absolute atomic E-state index is 0.175. The van der Waals surface area contributed by atoms with Crippen LogP contribution in [0.4, 0.5) is 4.79 Å². The van der Waals surface area contributed by atoms with Crippen molar-refractivity contribution >= 4 is 11.9 Å². The van der Waals surface area contributed by atoms with Gasteiger partial charge in [-0.05, 0) is 37.8 Å². The van der Waals surface area contributed by atoms with E-state index in [-0.39, 0.29) is 11.9 Å². The molecule has 146 valence electrons. The number of aryl methyl sites for hydroxylation is 1.